The maximum atomic E-state index is 10.9. The molecule has 0 bridgehead atoms. The highest BCUT2D eigenvalue weighted by Gasteiger charge is 2.15. The number of nitrogens with two attached hydrogens (primary N) is 1. The smallest absolute Gasteiger partial charge is 0.341 e. The lowest BCUT2D eigenvalue weighted by atomic mass is 10.2. The van der Waals surface area contributed by atoms with Crippen molar-refractivity contribution in [2.24, 2.45) is 0 Å². The molecule has 6 heteroatoms. The van der Waals surface area contributed by atoms with E-state index in [1.165, 1.54) is 10.9 Å². The van der Waals surface area contributed by atoms with Crippen LogP contribution in [0.15, 0.2) is 24.4 Å². The number of anilines is 1. The van der Waals surface area contributed by atoms with Gasteiger partial charge in [-0.15, -0.1) is 0 Å². The molecule has 0 spiro atoms. The summed E-state index contributed by atoms with van der Waals surface area (Å²) >= 11 is 5.84. The number of aromatic carboxylic acids is 1. The van der Waals surface area contributed by atoms with E-state index >= 15 is 0 Å². The van der Waals surface area contributed by atoms with Crippen LogP contribution >= 0.6 is 11.6 Å². The number of halogens is 1. The van der Waals surface area contributed by atoms with Gasteiger partial charge in [0.25, 0.3) is 0 Å². The molecule has 0 unspecified atom stereocenters. The molecular formula is C11H10ClN3O2. The summed E-state index contributed by atoms with van der Waals surface area (Å²) < 4.78 is 1.38. The van der Waals surface area contributed by atoms with E-state index in [1.807, 2.05) is 6.92 Å². The first-order chi connectivity index (χ1) is 8.00. The first-order valence-electron chi connectivity index (χ1n) is 4.84. The Morgan fingerprint density at radius 3 is 2.76 bits per heavy atom. The first kappa shape index (κ1) is 11.5. The van der Waals surface area contributed by atoms with E-state index in [4.69, 9.17) is 22.4 Å². The second-order valence-corrected chi connectivity index (χ2v) is 4.03. The number of rotatable bonds is 2. The van der Waals surface area contributed by atoms with Crippen molar-refractivity contribution in [2.75, 3.05) is 5.73 Å². The average Bonchev–Trinajstić information content (AvgIpc) is 2.60. The van der Waals surface area contributed by atoms with Gasteiger partial charge in [-0.3, -0.25) is 0 Å². The van der Waals surface area contributed by atoms with Crippen molar-refractivity contribution in [1.82, 2.24) is 9.78 Å². The maximum Gasteiger partial charge on any atom is 0.341 e. The number of nitrogens with zero attached hydrogens (tertiary/aromatic N) is 2. The summed E-state index contributed by atoms with van der Waals surface area (Å²) in [5.41, 5.74) is 7.29. The predicted molar refractivity (Wildman–Crippen MR) is 64.7 cm³/mol. The highest BCUT2D eigenvalue weighted by Crippen LogP contribution is 2.22. The maximum absolute atomic E-state index is 10.9. The summed E-state index contributed by atoms with van der Waals surface area (Å²) in [6, 6.07) is 5.20. The zero-order chi connectivity index (χ0) is 12.6. The van der Waals surface area contributed by atoms with Crippen molar-refractivity contribution in [3.05, 3.63) is 40.5 Å². The van der Waals surface area contributed by atoms with Crippen LogP contribution < -0.4 is 5.73 Å². The van der Waals surface area contributed by atoms with Gasteiger partial charge in [-0.2, -0.15) is 5.10 Å². The Kier molecular flexibility index (Phi) is 2.77. The van der Waals surface area contributed by atoms with Crippen molar-refractivity contribution < 1.29 is 9.90 Å². The van der Waals surface area contributed by atoms with Gasteiger partial charge < -0.3 is 10.8 Å². The zero-order valence-corrected chi connectivity index (χ0v) is 9.77. The highest BCUT2D eigenvalue weighted by atomic mass is 35.5. The molecule has 0 aliphatic carbocycles. The lowest BCUT2D eigenvalue weighted by molar-refractivity contribution is 0.0698. The summed E-state index contributed by atoms with van der Waals surface area (Å²) in [4.78, 5) is 10.9. The molecule has 0 aliphatic rings. The van der Waals surface area contributed by atoms with Gasteiger partial charge in [0.15, 0.2) is 0 Å². The van der Waals surface area contributed by atoms with E-state index in [9.17, 15) is 4.79 Å². The third-order valence-corrected chi connectivity index (χ3v) is 2.66. The molecule has 0 atom stereocenters. The Balaban J connectivity index is 2.57. The van der Waals surface area contributed by atoms with Gasteiger partial charge in [-0.1, -0.05) is 11.6 Å². The van der Waals surface area contributed by atoms with Gasteiger partial charge >= 0.3 is 5.97 Å². The van der Waals surface area contributed by atoms with Crippen LogP contribution in [0.2, 0.25) is 5.02 Å². The van der Waals surface area contributed by atoms with E-state index in [0.717, 1.165) is 5.56 Å². The molecule has 1 aromatic carbocycles. The van der Waals surface area contributed by atoms with E-state index in [-0.39, 0.29) is 11.4 Å². The molecule has 3 N–H and O–H groups in total. The van der Waals surface area contributed by atoms with Crippen molar-refractivity contribution in [1.29, 1.82) is 0 Å². The minimum atomic E-state index is -1.10. The number of nitrogen functional groups attached to an aromatic ring is 1. The van der Waals surface area contributed by atoms with Gasteiger partial charge in [0.2, 0.25) is 0 Å². The van der Waals surface area contributed by atoms with E-state index in [2.05, 4.69) is 5.10 Å². The van der Waals surface area contributed by atoms with Crippen LogP contribution in [0.1, 0.15) is 15.9 Å². The number of aryl methyl sites for hydroxylation is 1. The second kappa shape index (κ2) is 4.10. The summed E-state index contributed by atoms with van der Waals surface area (Å²) in [6.07, 6.45) is 1.23. The summed E-state index contributed by atoms with van der Waals surface area (Å²) in [6.45, 7) is 1.85. The number of carboxylic acids is 1. The Morgan fingerprint density at radius 1 is 1.53 bits per heavy atom. The van der Waals surface area contributed by atoms with Gasteiger partial charge in [-0.05, 0) is 30.7 Å². The average molecular weight is 252 g/mol. The quantitative estimate of drug-likeness (QED) is 0.857. The van der Waals surface area contributed by atoms with Gasteiger partial charge in [0.1, 0.15) is 11.4 Å². The molecule has 1 heterocycles. The van der Waals surface area contributed by atoms with Crippen LogP contribution in [0.25, 0.3) is 5.69 Å². The lowest BCUT2D eigenvalue weighted by Crippen LogP contribution is -2.06. The van der Waals surface area contributed by atoms with Crippen LogP contribution in [-0.2, 0) is 0 Å². The Morgan fingerprint density at radius 2 is 2.24 bits per heavy atom. The fourth-order valence-corrected chi connectivity index (χ4v) is 1.80. The van der Waals surface area contributed by atoms with Crippen LogP contribution in [-0.4, -0.2) is 20.9 Å². The molecule has 0 amide bonds. The highest BCUT2D eigenvalue weighted by molar-refractivity contribution is 6.30. The molecule has 0 saturated heterocycles. The number of hydrogen-bond donors (Lipinski definition) is 2. The van der Waals surface area contributed by atoms with Crippen LogP contribution in [0, 0.1) is 6.92 Å². The van der Waals surface area contributed by atoms with Crippen molar-refractivity contribution in [2.45, 2.75) is 6.92 Å². The lowest BCUT2D eigenvalue weighted by Gasteiger charge is -2.08. The normalized spacial score (nSPS) is 10.5. The monoisotopic (exact) mass is 251 g/mol. The van der Waals surface area contributed by atoms with Gasteiger partial charge in [-0.25, -0.2) is 9.48 Å². The Bertz CT molecular complexity index is 592. The topological polar surface area (TPSA) is 81.1 Å². The zero-order valence-electron chi connectivity index (χ0n) is 9.01. The number of benzene rings is 1. The molecular weight excluding hydrogens is 242 g/mol. The molecule has 0 saturated carbocycles. The van der Waals surface area contributed by atoms with E-state index in [1.54, 1.807) is 18.2 Å². The molecule has 5 nitrogen and oxygen atoms in total. The number of aromatic nitrogens is 2. The fraction of sp³-hybridized carbons (Fsp3) is 0.0909. The first-order valence-corrected chi connectivity index (χ1v) is 5.22. The minimum Gasteiger partial charge on any atom is -0.477 e. The SMILES string of the molecule is Cc1cc(Cl)ccc1-n1ncc(C(=O)O)c1N. The van der Waals surface area contributed by atoms with Crippen LogP contribution in [0.4, 0.5) is 5.82 Å². The number of carboxylic acid groups (broad SMARTS) is 1. The van der Waals surface area contributed by atoms with E-state index < -0.39 is 5.97 Å². The van der Waals surface area contributed by atoms with E-state index in [0.29, 0.717) is 10.7 Å². The molecule has 2 rings (SSSR count). The molecule has 17 heavy (non-hydrogen) atoms. The molecule has 1 aromatic heterocycles. The molecule has 88 valence electrons. The fourth-order valence-electron chi connectivity index (χ4n) is 1.57. The van der Waals surface area contributed by atoms with Gasteiger partial charge in [0, 0.05) is 5.02 Å². The minimum absolute atomic E-state index is 0.0145. The Labute approximate surface area is 102 Å². The van der Waals surface area contributed by atoms with Gasteiger partial charge in [0.05, 0.1) is 11.9 Å². The van der Waals surface area contributed by atoms with Crippen molar-refractivity contribution in [3.63, 3.8) is 0 Å². The number of carbonyl (C=O) groups is 1. The molecule has 0 fully saturated rings. The van der Waals surface area contributed by atoms with Crippen LogP contribution in [0.3, 0.4) is 0 Å². The Hall–Kier alpha value is -2.01. The third kappa shape index (κ3) is 1.97. The molecule has 0 aliphatic heterocycles. The number of hydrogen-bond acceptors (Lipinski definition) is 3. The van der Waals surface area contributed by atoms with Crippen molar-refractivity contribution in [3.8, 4) is 5.69 Å². The molecule has 0 radical (unpaired) electrons. The standard InChI is InChI=1S/C11H10ClN3O2/c1-6-4-7(12)2-3-9(6)15-10(13)8(5-14-15)11(16)17/h2-5H,13H2,1H3,(H,16,17). The molecule has 2 aromatic rings. The largest absolute Gasteiger partial charge is 0.477 e. The summed E-state index contributed by atoms with van der Waals surface area (Å²) in [5, 5.41) is 13.5. The van der Waals surface area contributed by atoms with Crippen molar-refractivity contribution >= 4 is 23.4 Å². The van der Waals surface area contributed by atoms with Crippen LogP contribution in [0.5, 0.6) is 0 Å². The summed E-state index contributed by atoms with van der Waals surface area (Å²) in [7, 11) is 0. The predicted octanol–water partition coefficient (Wildman–Crippen LogP) is 2.11. The third-order valence-electron chi connectivity index (χ3n) is 2.42. The summed E-state index contributed by atoms with van der Waals surface area (Å²) in [5.74, 6) is -0.997. The second-order valence-electron chi connectivity index (χ2n) is 3.59.